The van der Waals surface area contributed by atoms with E-state index in [9.17, 15) is 9.90 Å². The van der Waals surface area contributed by atoms with Gasteiger partial charge in [0.1, 0.15) is 0 Å². The highest BCUT2D eigenvalue weighted by atomic mass is 79.9. The van der Waals surface area contributed by atoms with Gasteiger partial charge in [0.15, 0.2) is 0 Å². The minimum Gasteiger partial charge on any atom is -0.478 e. The first-order valence-corrected chi connectivity index (χ1v) is 7.87. The normalized spacial score (nSPS) is 15.2. The van der Waals surface area contributed by atoms with Crippen molar-refractivity contribution in [2.75, 3.05) is 13.1 Å². The van der Waals surface area contributed by atoms with Gasteiger partial charge in [-0.3, -0.25) is 9.88 Å². The van der Waals surface area contributed by atoms with Gasteiger partial charge in [0.25, 0.3) is 0 Å². The van der Waals surface area contributed by atoms with Crippen LogP contribution < -0.4 is 0 Å². The van der Waals surface area contributed by atoms with Crippen molar-refractivity contribution >= 4 is 32.8 Å². The van der Waals surface area contributed by atoms with Gasteiger partial charge in [-0.05, 0) is 31.2 Å². The summed E-state index contributed by atoms with van der Waals surface area (Å²) in [5, 5.41) is 10.4. The van der Waals surface area contributed by atoms with E-state index in [2.05, 4.69) is 27.8 Å². The third-order valence-electron chi connectivity index (χ3n) is 4.14. The molecule has 0 radical (unpaired) electrons. The molecule has 1 aliphatic rings. The summed E-state index contributed by atoms with van der Waals surface area (Å²) in [6.45, 7) is 6.60. The minimum atomic E-state index is -0.867. The molecule has 0 saturated heterocycles. The van der Waals surface area contributed by atoms with Crippen LogP contribution >= 0.6 is 15.9 Å². The molecule has 0 fully saturated rings. The minimum absolute atomic E-state index is 0.414. The first-order valence-electron chi connectivity index (χ1n) is 7.08. The fraction of sp³-hybridized carbons (Fsp3) is 0.375. The standard InChI is InChI=1S/C16H17BrN2O2/c1-3-19-5-4-13-12(8-19)14(16(20)21)11-7-10(17)6-9(2)15(11)18-13/h6-7H,3-5,8H2,1-2H3,(H,20,21). The Kier molecular flexibility index (Phi) is 3.71. The summed E-state index contributed by atoms with van der Waals surface area (Å²) in [4.78, 5) is 18.9. The summed E-state index contributed by atoms with van der Waals surface area (Å²) in [6, 6.07) is 3.85. The number of pyridine rings is 1. The summed E-state index contributed by atoms with van der Waals surface area (Å²) in [6.07, 6.45) is 0.814. The Morgan fingerprint density at radius 1 is 1.48 bits per heavy atom. The molecule has 1 aromatic heterocycles. The van der Waals surface area contributed by atoms with E-state index >= 15 is 0 Å². The van der Waals surface area contributed by atoms with Gasteiger partial charge in [0.05, 0.1) is 11.1 Å². The van der Waals surface area contributed by atoms with E-state index in [0.29, 0.717) is 12.1 Å². The smallest absolute Gasteiger partial charge is 0.336 e. The summed E-state index contributed by atoms with van der Waals surface area (Å²) in [5.74, 6) is -0.867. The second-order valence-electron chi connectivity index (χ2n) is 5.45. The van der Waals surface area contributed by atoms with E-state index in [1.807, 2.05) is 19.1 Å². The quantitative estimate of drug-likeness (QED) is 0.903. The monoisotopic (exact) mass is 348 g/mol. The molecule has 0 bridgehead atoms. The van der Waals surface area contributed by atoms with Crippen LogP contribution in [-0.4, -0.2) is 34.0 Å². The lowest BCUT2D eigenvalue weighted by molar-refractivity contribution is 0.0695. The molecule has 1 aromatic carbocycles. The molecule has 0 saturated carbocycles. The number of likely N-dealkylation sites (N-methyl/N-ethyl adjacent to an activating group) is 1. The SMILES string of the molecule is CCN1CCc2nc3c(C)cc(Br)cc3c(C(=O)O)c2C1. The average molecular weight is 349 g/mol. The number of aryl methyl sites for hydroxylation is 1. The Bertz CT molecular complexity index is 743. The molecule has 0 atom stereocenters. The van der Waals surface area contributed by atoms with Crippen LogP contribution in [0, 0.1) is 6.92 Å². The lowest BCUT2D eigenvalue weighted by Gasteiger charge is -2.28. The number of aromatic nitrogens is 1. The molecule has 3 rings (SSSR count). The second-order valence-corrected chi connectivity index (χ2v) is 6.37. The number of benzene rings is 1. The Morgan fingerprint density at radius 3 is 2.90 bits per heavy atom. The highest BCUT2D eigenvalue weighted by Crippen LogP contribution is 2.31. The summed E-state index contributed by atoms with van der Waals surface area (Å²) >= 11 is 3.46. The number of carboxylic acids is 1. The maximum absolute atomic E-state index is 11.8. The molecule has 4 nitrogen and oxygen atoms in total. The largest absolute Gasteiger partial charge is 0.478 e. The predicted octanol–water partition coefficient (Wildman–Crippen LogP) is 3.38. The lowest BCUT2D eigenvalue weighted by Crippen LogP contribution is -2.32. The van der Waals surface area contributed by atoms with Crippen molar-refractivity contribution in [1.29, 1.82) is 0 Å². The molecule has 0 aliphatic carbocycles. The number of rotatable bonds is 2. The topological polar surface area (TPSA) is 53.4 Å². The van der Waals surface area contributed by atoms with Gasteiger partial charge in [-0.25, -0.2) is 4.79 Å². The Labute approximate surface area is 131 Å². The molecule has 110 valence electrons. The number of halogens is 1. The van der Waals surface area contributed by atoms with Crippen molar-refractivity contribution in [2.45, 2.75) is 26.8 Å². The number of fused-ring (bicyclic) bond motifs is 2. The van der Waals surface area contributed by atoms with Gasteiger partial charge >= 0.3 is 5.97 Å². The predicted molar refractivity (Wildman–Crippen MR) is 85.8 cm³/mol. The molecule has 1 aliphatic heterocycles. The first kappa shape index (κ1) is 14.5. The second kappa shape index (κ2) is 5.39. The molecular weight excluding hydrogens is 332 g/mol. The summed E-state index contributed by atoms with van der Waals surface area (Å²) < 4.78 is 0.889. The van der Waals surface area contributed by atoms with Crippen molar-refractivity contribution in [3.05, 3.63) is 39.0 Å². The first-order chi connectivity index (χ1) is 10.0. The molecule has 21 heavy (non-hydrogen) atoms. The fourth-order valence-corrected chi connectivity index (χ4v) is 3.61. The van der Waals surface area contributed by atoms with Gasteiger partial charge in [-0.1, -0.05) is 22.9 Å². The van der Waals surface area contributed by atoms with E-state index in [-0.39, 0.29) is 0 Å². The van der Waals surface area contributed by atoms with Crippen LogP contribution in [-0.2, 0) is 13.0 Å². The van der Waals surface area contributed by atoms with Crippen LogP contribution in [0.15, 0.2) is 16.6 Å². The number of hydrogen-bond acceptors (Lipinski definition) is 3. The van der Waals surface area contributed by atoms with E-state index in [1.54, 1.807) is 0 Å². The summed E-state index contributed by atoms with van der Waals surface area (Å²) in [5.41, 5.74) is 4.04. The zero-order chi connectivity index (χ0) is 15.1. The van der Waals surface area contributed by atoms with Gasteiger partial charge in [0, 0.05) is 40.6 Å². The molecule has 0 spiro atoms. The molecule has 0 amide bonds. The highest BCUT2D eigenvalue weighted by Gasteiger charge is 2.25. The van der Waals surface area contributed by atoms with Gasteiger partial charge in [-0.2, -0.15) is 0 Å². The molecule has 2 aromatic rings. The van der Waals surface area contributed by atoms with Crippen molar-refractivity contribution in [3.63, 3.8) is 0 Å². The number of carboxylic acid groups (broad SMARTS) is 1. The zero-order valence-corrected chi connectivity index (χ0v) is 13.7. The number of carbonyl (C=O) groups is 1. The third kappa shape index (κ3) is 2.45. The maximum atomic E-state index is 11.8. The van der Waals surface area contributed by atoms with E-state index in [1.165, 1.54) is 0 Å². The zero-order valence-electron chi connectivity index (χ0n) is 12.1. The van der Waals surface area contributed by atoms with E-state index in [4.69, 9.17) is 4.98 Å². The highest BCUT2D eigenvalue weighted by molar-refractivity contribution is 9.10. The van der Waals surface area contributed by atoms with Crippen LogP contribution in [0.2, 0.25) is 0 Å². The van der Waals surface area contributed by atoms with Gasteiger partial charge in [-0.15, -0.1) is 0 Å². The molecular formula is C16H17BrN2O2. The fourth-order valence-electron chi connectivity index (χ4n) is 3.04. The van der Waals surface area contributed by atoms with Crippen LogP contribution in [0.25, 0.3) is 10.9 Å². The molecule has 0 unspecified atom stereocenters. The van der Waals surface area contributed by atoms with Gasteiger partial charge < -0.3 is 5.11 Å². The average Bonchev–Trinajstić information content (AvgIpc) is 2.44. The molecule has 5 heteroatoms. The Balaban J connectivity index is 2.35. The van der Waals surface area contributed by atoms with Gasteiger partial charge in [0.2, 0.25) is 0 Å². The Hall–Kier alpha value is -1.46. The van der Waals surface area contributed by atoms with Crippen molar-refractivity contribution in [3.8, 4) is 0 Å². The molecule has 1 N–H and O–H groups in total. The van der Waals surface area contributed by atoms with Crippen molar-refractivity contribution in [2.24, 2.45) is 0 Å². The number of nitrogens with zero attached hydrogens (tertiary/aromatic N) is 2. The van der Waals surface area contributed by atoms with E-state index in [0.717, 1.165) is 51.7 Å². The Morgan fingerprint density at radius 2 is 2.24 bits per heavy atom. The van der Waals surface area contributed by atoms with Crippen molar-refractivity contribution in [1.82, 2.24) is 9.88 Å². The van der Waals surface area contributed by atoms with Crippen LogP contribution in [0.4, 0.5) is 0 Å². The van der Waals surface area contributed by atoms with Crippen molar-refractivity contribution < 1.29 is 9.90 Å². The number of hydrogen-bond donors (Lipinski definition) is 1. The van der Waals surface area contributed by atoms with Crippen LogP contribution in [0.5, 0.6) is 0 Å². The van der Waals surface area contributed by atoms with E-state index < -0.39 is 5.97 Å². The van der Waals surface area contributed by atoms with Crippen LogP contribution in [0.1, 0.15) is 34.1 Å². The third-order valence-corrected chi connectivity index (χ3v) is 4.60. The molecule has 2 heterocycles. The number of aromatic carboxylic acids is 1. The maximum Gasteiger partial charge on any atom is 0.336 e. The van der Waals surface area contributed by atoms with Crippen LogP contribution in [0.3, 0.4) is 0 Å². The lowest BCUT2D eigenvalue weighted by atomic mass is 9.94. The summed E-state index contributed by atoms with van der Waals surface area (Å²) in [7, 11) is 0.